The molecule has 0 spiro atoms. The van der Waals surface area contributed by atoms with Crippen molar-refractivity contribution in [2.75, 3.05) is 14.2 Å². The molecule has 0 saturated carbocycles. The molecule has 0 radical (unpaired) electrons. The molecule has 0 aliphatic heterocycles. The van der Waals surface area contributed by atoms with Crippen LogP contribution in [0.3, 0.4) is 0 Å². The van der Waals surface area contributed by atoms with Crippen LogP contribution in [0.25, 0.3) is 33.8 Å². The maximum atomic E-state index is 10.8. The lowest BCUT2D eigenvalue weighted by molar-refractivity contribution is 0.101. The van der Waals surface area contributed by atoms with E-state index in [1.807, 2.05) is 98.8 Å². The molecule has 1 aromatic heterocycles. The first-order valence-corrected chi connectivity index (χ1v) is 16.5. The van der Waals surface area contributed by atoms with Crippen molar-refractivity contribution in [3.8, 4) is 45.3 Å². The lowest BCUT2D eigenvalue weighted by Gasteiger charge is -2.05. The Morgan fingerprint density at radius 1 is 0.547 bits per heavy atom. The van der Waals surface area contributed by atoms with Crippen LogP contribution >= 0.6 is 0 Å². The molecule has 0 fully saturated rings. The van der Waals surface area contributed by atoms with E-state index in [-0.39, 0.29) is 5.78 Å². The summed E-state index contributed by atoms with van der Waals surface area (Å²) in [5.74, 6) is 3.41. The molecule has 0 bridgehead atoms. The zero-order chi connectivity index (χ0) is 39.0. The van der Waals surface area contributed by atoms with Gasteiger partial charge in [-0.25, -0.2) is 4.42 Å². The first kappa shape index (κ1) is 41.4. The highest BCUT2D eigenvalue weighted by Crippen LogP contribution is 2.34. The van der Waals surface area contributed by atoms with Crippen LogP contribution in [0.2, 0.25) is 0 Å². The van der Waals surface area contributed by atoms with Gasteiger partial charge in [0.05, 0.1) is 37.5 Å². The summed E-state index contributed by atoms with van der Waals surface area (Å²) in [7, 11) is -2.66. The number of halogens is 4. The number of rotatable bonds is 7. The summed E-state index contributed by atoms with van der Waals surface area (Å²) in [6.45, 7) is 7.65. The van der Waals surface area contributed by atoms with E-state index >= 15 is 0 Å². The van der Waals surface area contributed by atoms with Crippen LogP contribution < -0.4 is 9.47 Å². The molecule has 0 aliphatic carbocycles. The Kier molecular flexibility index (Phi) is 15.7. The van der Waals surface area contributed by atoms with Gasteiger partial charge in [0, 0.05) is 16.7 Å². The van der Waals surface area contributed by atoms with E-state index < -0.39 is 7.25 Å². The normalized spacial score (nSPS) is 10.2. The van der Waals surface area contributed by atoms with Gasteiger partial charge in [0.1, 0.15) is 17.8 Å². The number of aryl methyl sites for hydroxylation is 3. The molecule has 6 aromatic rings. The van der Waals surface area contributed by atoms with Gasteiger partial charge < -0.3 is 26.7 Å². The minimum Gasteiger partial charge on any atom is -0.497 e. The predicted molar refractivity (Wildman–Crippen MR) is 205 cm³/mol. The van der Waals surface area contributed by atoms with Crippen LogP contribution in [0.1, 0.15) is 44.3 Å². The van der Waals surface area contributed by atoms with Crippen LogP contribution in [0, 0.1) is 20.8 Å². The number of hydrogen-bond donors (Lipinski definition) is 0. The van der Waals surface area contributed by atoms with Crippen molar-refractivity contribution in [3.63, 3.8) is 0 Å². The largest absolute Gasteiger partial charge is 0.673 e. The average Bonchev–Trinajstić information content (AvgIpc) is 3.15. The molecule has 53 heavy (non-hydrogen) atoms. The van der Waals surface area contributed by atoms with Crippen molar-refractivity contribution in [1.82, 2.24) is 0 Å². The summed E-state index contributed by atoms with van der Waals surface area (Å²) in [6.07, 6.45) is 0.847. The SMILES string of the molecule is CC(=O)c1ccc(C)cc1.COc1ccc(-c2cc(-c3ccc(C)cc3)[o+]c(-c3ccc(OC)cc3)c2)cc1.Cc1ccc(C=O)cc1.F[B-](F)(F)F. The summed E-state index contributed by atoms with van der Waals surface area (Å²) in [5.41, 5.74) is 9.33. The van der Waals surface area contributed by atoms with E-state index in [4.69, 9.17) is 13.9 Å². The maximum Gasteiger partial charge on any atom is 0.673 e. The van der Waals surface area contributed by atoms with Gasteiger partial charge in [-0.3, -0.25) is 9.59 Å². The van der Waals surface area contributed by atoms with E-state index in [1.165, 1.54) is 16.7 Å². The van der Waals surface area contributed by atoms with Gasteiger partial charge in [-0.05, 0) is 81.8 Å². The average molecular weight is 725 g/mol. The molecule has 6 rings (SSSR count). The third-order valence-electron chi connectivity index (χ3n) is 7.60. The minimum absolute atomic E-state index is 0.125. The number of carbonyl (C=O) groups is 2. The molecular formula is C43H41BF4O5. The van der Waals surface area contributed by atoms with Crippen molar-refractivity contribution < 1.29 is 40.7 Å². The minimum atomic E-state index is -6.00. The second-order valence-electron chi connectivity index (χ2n) is 11.8. The monoisotopic (exact) mass is 724 g/mol. The maximum absolute atomic E-state index is 10.8. The molecule has 1 heterocycles. The van der Waals surface area contributed by atoms with E-state index in [0.717, 1.165) is 62.7 Å². The Balaban J connectivity index is 0.000000255. The van der Waals surface area contributed by atoms with Gasteiger partial charge in [0.2, 0.25) is 0 Å². The third-order valence-corrected chi connectivity index (χ3v) is 7.60. The molecule has 0 amide bonds. The topological polar surface area (TPSA) is 63.9 Å². The Morgan fingerprint density at radius 3 is 1.25 bits per heavy atom. The van der Waals surface area contributed by atoms with Crippen molar-refractivity contribution in [1.29, 1.82) is 0 Å². The number of hydrogen-bond acceptors (Lipinski definition) is 4. The number of methoxy groups -OCH3 is 2. The number of ketones is 1. The highest BCUT2D eigenvalue weighted by atomic mass is 19.5. The second kappa shape index (κ2) is 20.1. The lowest BCUT2D eigenvalue weighted by Crippen LogP contribution is -2.02. The standard InChI is InChI=1S/C26H23O3.C9H10O.C8H8O.BF4/c1-18-4-6-20(7-5-18)25-16-22(19-8-12-23(27-2)13-9-19)17-26(29-25)21-10-14-24(28-3)15-11-21;1-7-3-5-9(6-4-7)8(2)10;1-7-2-4-8(6-9)5-3-7;2-1(3,4)5/h4-17H,1-3H3;3-6H,1-2H3;2-6H,1H3;/q+1;;;-1. The van der Waals surface area contributed by atoms with Gasteiger partial charge in [-0.2, -0.15) is 0 Å². The lowest BCUT2D eigenvalue weighted by atomic mass is 10.0. The van der Waals surface area contributed by atoms with Crippen LogP contribution in [0.4, 0.5) is 17.3 Å². The molecule has 0 N–H and O–H groups in total. The van der Waals surface area contributed by atoms with Crippen molar-refractivity contribution in [2.24, 2.45) is 0 Å². The van der Waals surface area contributed by atoms with Crippen molar-refractivity contribution in [2.45, 2.75) is 27.7 Å². The number of aldehydes is 1. The Bertz CT molecular complexity index is 1960. The fourth-order valence-electron chi connectivity index (χ4n) is 4.64. The Labute approximate surface area is 308 Å². The highest BCUT2D eigenvalue weighted by Gasteiger charge is 2.21. The van der Waals surface area contributed by atoms with Crippen molar-refractivity contribution in [3.05, 3.63) is 161 Å². The predicted octanol–water partition coefficient (Wildman–Crippen LogP) is 12.2. The first-order valence-electron chi connectivity index (χ1n) is 16.5. The molecule has 0 atom stereocenters. The zero-order valence-corrected chi connectivity index (χ0v) is 30.4. The number of Topliss-reactive ketones (excluding diaryl/α,β-unsaturated/α-hetero) is 1. The smallest absolute Gasteiger partial charge is 0.497 e. The van der Waals surface area contributed by atoms with E-state index in [9.17, 15) is 26.9 Å². The quantitative estimate of drug-likeness (QED) is 0.0539. The van der Waals surface area contributed by atoms with Crippen LogP contribution in [-0.4, -0.2) is 33.5 Å². The molecule has 5 aromatic carbocycles. The Morgan fingerprint density at radius 2 is 0.887 bits per heavy atom. The van der Waals surface area contributed by atoms with Crippen LogP contribution in [0.15, 0.2) is 138 Å². The molecule has 0 aliphatic rings. The molecule has 0 saturated heterocycles. The van der Waals surface area contributed by atoms with E-state index in [0.29, 0.717) is 0 Å². The number of carbonyl (C=O) groups excluding carboxylic acids is 2. The van der Waals surface area contributed by atoms with Gasteiger partial charge >= 0.3 is 18.8 Å². The molecular weight excluding hydrogens is 683 g/mol. The summed E-state index contributed by atoms with van der Waals surface area (Å²) in [6, 6.07) is 43.5. The molecule has 10 heteroatoms. The van der Waals surface area contributed by atoms with Gasteiger partial charge in [-0.15, -0.1) is 0 Å². The van der Waals surface area contributed by atoms with E-state index in [1.54, 1.807) is 21.1 Å². The van der Waals surface area contributed by atoms with Crippen molar-refractivity contribution >= 4 is 19.3 Å². The highest BCUT2D eigenvalue weighted by molar-refractivity contribution is 6.50. The fraction of sp³-hybridized carbons (Fsp3) is 0.140. The summed E-state index contributed by atoms with van der Waals surface area (Å²) in [5, 5.41) is 0. The first-order chi connectivity index (χ1) is 25.2. The third kappa shape index (κ3) is 14.6. The summed E-state index contributed by atoms with van der Waals surface area (Å²) >= 11 is 0. The fourth-order valence-corrected chi connectivity index (χ4v) is 4.64. The number of ether oxygens (including phenoxy) is 2. The molecule has 0 unspecified atom stereocenters. The van der Waals surface area contributed by atoms with Gasteiger partial charge in [-0.1, -0.05) is 89.5 Å². The van der Waals surface area contributed by atoms with Gasteiger partial charge in [0.15, 0.2) is 5.78 Å². The van der Waals surface area contributed by atoms with Crippen LogP contribution in [-0.2, 0) is 0 Å². The summed E-state index contributed by atoms with van der Waals surface area (Å²) < 4.78 is 55.9. The van der Waals surface area contributed by atoms with Gasteiger partial charge in [0.25, 0.3) is 0 Å². The summed E-state index contributed by atoms with van der Waals surface area (Å²) in [4.78, 5) is 20.9. The van der Waals surface area contributed by atoms with Crippen LogP contribution in [0.5, 0.6) is 11.5 Å². The molecule has 5 nitrogen and oxygen atoms in total. The Hall–Kier alpha value is -6.03. The zero-order valence-electron chi connectivity index (χ0n) is 30.4. The van der Waals surface area contributed by atoms with E-state index in [2.05, 4.69) is 55.5 Å². The molecule has 274 valence electrons. The second-order valence-corrected chi connectivity index (χ2v) is 11.8. The number of benzene rings is 5.